The molecule has 0 fully saturated rings. The molecule has 0 saturated heterocycles. The summed E-state index contributed by atoms with van der Waals surface area (Å²) in [5.41, 5.74) is 0.912. The van der Waals surface area contributed by atoms with Gasteiger partial charge in [0.1, 0.15) is 24.1 Å². The van der Waals surface area contributed by atoms with Crippen molar-refractivity contribution in [1.29, 1.82) is 0 Å². The maximum atomic E-state index is 12.0. The van der Waals surface area contributed by atoms with E-state index >= 15 is 0 Å². The second-order valence-electron chi connectivity index (χ2n) is 4.98. The predicted octanol–water partition coefficient (Wildman–Crippen LogP) is 3.03. The van der Waals surface area contributed by atoms with E-state index in [9.17, 15) is 8.78 Å². The number of ether oxygens (including phenoxy) is 1. The number of rotatable bonds is 9. The van der Waals surface area contributed by atoms with Crippen LogP contribution in [-0.2, 0) is 4.74 Å². The fourth-order valence-electron chi connectivity index (χ4n) is 1.72. The molecule has 0 amide bonds. The van der Waals surface area contributed by atoms with Gasteiger partial charge in [0.2, 0.25) is 0 Å². The summed E-state index contributed by atoms with van der Waals surface area (Å²) in [6, 6.07) is 0. The molecular weight excluding hydrogens is 278 g/mol. The third-order valence-electron chi connectivity index (χ3n) is 2.81. The van der Waals surface area contributed by atoms with Gasteiger partial charge in [-0.1, -0.05) is 13.8 Å². The lowest BCUT2D eigenvalue weighted by molar-refractivity contribution is 0.0214. The quantitative estimate of drug-likeness (QED) is 0.687. The highest BCUT2D eigenvalue weighted by Gasteiger charge is 2.12. The number of alkyl halides is 2. The molecule has 1 rings (SSSR count). The van der Waals surface area contributed by atoms with Gasteiger partial charge < -0.3 is 15.4 Å². The average Bonchev–Trinajstić information content (AvgIpc) is 2.41. The Hall–Kier alpha value is -1.50. The van der Waals surface area contributed by atoms with Gasteiger partial charge in [0.15, 0.2) is 0 Å². The van der Waals surface area contributed by atoms with Crippen LogP contribution < -0.4 is 10.6 Å². The highest BCUT2D eigenvalue weighted by atomic mass is 19.3. The van der Waals surface area contributed by atoms with Crippen molar-refractivity contribution in [3.63, 3.8) is 0 Å². The van der Waals surface area contributed by atoms with E-state index in [4.69, 9.17) is 4.74 Å². The third kappa shape index (κ3) is 5.79. The van der Waals surface area contributed by atoms with Gasteiger partial charge in [-0.3, -0.25) is 0 Å². The maximum Gasteiger partial charge on any atom is 0.261 e. The zero-order valence-corrected chi connectivity index (χ0v) is 13.0. The Labute approximate surface area is 124 Å². The van der Waals surface area contributed by atoms with Gasteiger partial charge in [-0.05, 0) is 13.8 Å². The van der Waals surface area contributed by atoms with Crippen molar-refractivity contribution in [2.45, 2.75) is 40.0 Å². The topological polar surface area (TPSA) is 59.1 Å². The standard InChI is InChI=1S/C14H24F2N4O/c1-5-17-13-10(4)14(20-12(19-13)9(2)3)18-6-7-21-8-11(15)16/h9,11H,5-8H2,1-4H3,(H2,17,18,19,20). The first-order chi connectivity index (χ1) is 9.95. The molecule has 0 atom stereocenters. The SMILES string of the molecule is CCNc1nc(C(C)C)nc(NCCOCC(F)F)c1C. The third-order valence-corrected chi connectivity index (χ3v) is 2.81. The molecule has 0 spiro atoms. The first-order valence-electron chi connectivity index (χ1n) is 7.17. The molecular formula is C14H24F2N4O. The molecule has 0 radical (unpaired) electrons. The zero-order valence-electron chi connectivity index (χ0n) is 13.0. The van der Waals surface area contributed by atoms with Gasteiger partial charge in [0.25, 0.3) is 6.43 Å². The second kappa shape index (κ2) is 8.71. The minimum absolute atomic E-state index is 0.207. The number of nitrogens with zero attached hydrogens (tertiary/aromatic N) is 2. The van der Waals surface area contributed by atoms with E-state index in [1.165, 1.54) is 0 Å². The number of hydrogen-bond donors (Lipinski definition) is 2. The van der Waals surface area contributed by atoms with Crippen LogP contribution in [0.25, 0.3) is 0 Å². The zero-order chi connectivity index (χ0) is 15.8. The van der Waals surface area contributed by atoms with Crippen molar-refractivity contribution >= 4 is 11.6 Å². The minimum atomic E-state index is -2.43. The molecule has 0 saturated carbocycles. The van der Waals surface area contributed by atoms with Crippen LogP contribution in [-0.4, -0.2) is 42.7 Å². The summed E-state index contributed by atoms with van der Waals surface area (Å²) in [7, 11) is 0. The molecule has 0 aliphatic carbocycles. The van der Waals surface area contributed by atoms with Gasteiger partial charge in [-0.2, -0.15) is 0 Å². The molecule has 1 aromatic rings. The molecule has 5 nitrogen and oxygen atoms in total. The summed E-state index contributed by atoms with van der Waals surface area (Å²) in [5, 5.41) is 6.33. The van der Waals surface area contributed by atoms with E-state index in [-0.39, 0.29) is 12.5 Å². The van der Waals surface area contributed by atoms with E-state index < -0.39 is 13.0 Å². The molecule has 0 aliphatic rings. The van der Waals surface area contributed by atoms with Crippen LogP contribution in [0, 0.1) is 6.92 Å². The number of hydrogen-bond acceptors (Lipinski definition) is 5. The van der Waals surface area contributed by atoms with E-state index in [1.54, 1.807) is 0 Å². The number of anilines is 2. The lowest BCUT2D eigenvalue weighted by Crippen LogP contribution is -2.16. The van der Waals surface area contributed by atoms with Gasteiger partial charge in [0.05, 0.1) is 6.61 Å². The van der Waals surface area contributed by atoms with Crippen LogP contribution in [0.4, 0.5) is 20.4 Å². The molecule has 21 heavy (non-hydrogen) atoms. The largest absolute Gasteiger partial charge is 0.374 e. The Morgan fingerprint density at radius 2 is 1.76 bits per heavy atom. The van der Waals surface area contributed by atoms with Crippen molar-refractivity contribution in [2.75, 3.05) is 36.9 Å². The van der Waals surface area contributed by atoms with Crippen molar-refractivity contribution in [1.82, 2.24) is 9.97 Å². The summed E-state index contributed by atoms with van der Waals surface area (Å²) < 4.78 is 28.7. The monoisotopic (exact) mass is 302 g/mol. The van der Waals surface area contributed by atoms with Crippen LogP contribution in [0.1, 0.15) is 38.1 Å². The van der Waals surface area contributed by atoms with Crippen molar-refractivity contribution in [2.24, 2.45) is 0 Å². The van der Waals surface area contributed by atoms with Crippen LogP contribution in [0.5, 0.6) is 0 Å². The van der Waals surface area contributed by atoms with Crippen molar-refractivity contribution in [3.05, 3.63) is 11.4 Å². The molecule has 120 valence electrons. The fraction of sp³-hybridized carbons (Fsp3) is 0.714. The molecule has 0 bridgehead atoms. The van der Waals surface area contributed by atoms with Crippen LogP contribution in [0.15, 0.2) is 0 Å². The predicted molar refractivity (Wildman–Crippen MR) is 80.3 cm³/mol. The molecule has 2 N–H and O–H groups in total. The Morgan fingerprint density at radius 1 is 1.14 bits per heavy atom. The Balaban J connectivity index is 2.70. The highest BCUT2D eigenvalue weighted by molar-refractivity contribution is 5.57. The molecule has 7 heteroatoms. The second-order valence-corrected chi connectivity index (χ2v) is 4.98. The number of halogens is 2. The normalized spacial score (nSPS) is 11.2. The first-order valence-corrected chi connectivity index (χ1v) is 7.17. The smallest absolute Gasteiger partial charge is 0.261 e. The highest BCUT2D eigenvalue weighted by Crippen LogP contribution is 2.22. The Kier molecular flexibility index (Phi) is 7.28. The van der Waals surface area contributed by atoms with E-state index in [1.807, 2.05) is 27.7 Å². The molecule has 0 aromatic carbocycles. The van der Waals surface area contributed by atoms with Gasteiger partial charge in [0, 0.05) is 24.6 Å². The van der Waals surface area contributed by atoms with Crippen LogP contribution in [0.3, 0.4) is 0 Å². The summed E-state index contributed by atoms with van der Waals surface area (Å²) in [4.78, 5) is 8.98. The van der Waals surface area contributed by atoms with Gasteiger partial charge >= 0.3 is 0 Å². The summed E-state index contributed by atoms with van der Waals surface area (Å²) in [5.74, 6) is 2.46. The average molecular weight is 302 g/mol. The number of nitrogens with one attached hydrogen (secondary N) is 2. The Morgan fingerprint density at radius 3 is 2.29 bits per heavy atom. The van der Waals surface area contributed by atoms with Crippen molar-refractivity contribution in [3.8, 4) is 0 Å². The summed E-state index contributed by atoms with van der Waals surface area (Å²) in [6.45, 7) is 8.84. The van der Waals surface area contributed by atoms with E-state index in [0.29, 0.717) is 12.4 Å². The van der Waals surface area contributed by atoms with E-state index in [0.717, 1.165) is 23.8 Å². The molecule has 1 heterocycles. The lowest BCUT2D eigenvalue weighted by Gasteiger charge is -2.16. The Bertz CT molecular complexity index is 441. The van der Waals surface area contributed by atoms with Gasteiger partial charge in [-0.25, -0.2) is 18.7 Å². The van der Waals surface area contributed by atoms with Crippen LogP contribution in [0.2, 0.25) is 0 Å². The summed E-state index contributed by atoms with van der Waals surface area (Å²) in [6.07, 6.45) is -2.43. The van der Waals surface area contributed by atoms with E-state index in [2.05, 4.69) is 20.6 Å². The van der Waals surface area contributed by atoms with Gasteiger partial charge in [-0.15, -0.1) is 0 Å². The maximum absolute atomic E-state index is 12.0. The number of aromatic nitrogens is 2. The molecule has 0 unspecified atom stereocenters. The minimum Gasteiger partial charge on any atom is -0.374 e. The molecule has 0 aliphatic heterocycles. The van der Waals surface area contributed by atoms with Crippen molar-refractivity contribution < 1.29 is 13.5 Å². The lowest BCUT2D eigenvalue weighted by atomic mass is 10.2. The molecule has 1 aromatic heterocycles. The summed E-state index contributed by atoms with van der Waals surface area (Å²) >= 11 is 0. The van der Waals surface area contributed by atoms with Crippen LogP contribution >= 0.6 is 0 Å². The fourth-order valence-corrected chi connectivity index (χ4v) is 1.72. The first kappa shape index (κ1) is 17.6.